The van der Waals surface area contributed by atoms with E-state index >= 15 is 0 Å². The molecule has 2 aromatic heterocycles. The highest BCUT2D eigenvalue weighted by atomic mass is 19.4. The van der Waals surface area contributed by atoms with Gasteiger partial charge in [0.2, 0.25) is 5.91 Å². The second kappa shape index (κ2) is 8.62. The normalized spacial score (nSPS) is 15.0. The first-order chi connectivity index (χ1) is 14.9. The second-order valence-electron chi connectivity index (χ2n) is 7.03. The first kappa shape index (κ1) is 20.6. The molecule has 0 atom stereocenters. The van der Waals surface area contributed by atoms with Crippen molar-refractivity contribution >= 4 is 17.4 Å². The van der Waals surface area contributed by atoms with E-state index in [2.05, 4.69) is 29.9 Å². The molecule has 3 aromatic rings. The van der Waals surface area contributed by atoms with E-state index in [1.807, 2.05) is 6.07 Å². The van der Waals surface area contributed by atoms with Crippen LogP contribution in [-0.4, -0.2) is 44.9 Å². The van der Waals surface area contributed by atoms with E-state index in [4.69, 9.17) is 0 Å². The number of benzene rings is 1. The summed E-state index contributed by atoms with van der Waals surface area (Å²) in [6.45, 7) is 1.30. The Bertz CT molecular complexity index is 1020. The Morgan fingerprint density at radius 1 is 1.10 bits per heavy atom. The van der Waals surface area contributed by atoms with Crippen molar-refractivity contribution in [1.82, 2.24) is 19.5 Å². The second-order valence-corrected chi connectivity index (χ2v) is 7.03. The third kappa shape index (κ3) is 5.30. The number of ether oxygens (including phenoxy) is 1. The molecule has 31 heavy (non-hydrogen) atoms. The van der Waals surface area contributed by atoms with Gasteiger partial charge in [0.25, 0.3) is 0 Å². The molecule has 1 fully saturated rings. The minimum absolute atomic E-state index is 0.161. The van der Waals surface area contributed by atoms with E-state index in [0.29, 0.717) is 37.4 Å². The van der Waals surface area contributed by atoms with E-state index in [1.54, 1.807) is 23.3 Å². The number of carbonyl (C=O) groups is 1. The van der Waals surface area contributed by atoms with E-state index in [1.165, 1.54) is 30.6 Å². The monoisotopic (exact) mass is 432 g/mol. The van der Waals surface area contributed by atoms with Crippen LogP contribution in [0.2, 0.25) is 0 Å². The molecular formula is C20H19F3N6O2. The topological polar surface area (TPSA) is 85.2 Å². The van der Waals surface area contributed by atoms with E-state index in [-0.39, 0.29) is 17.6 Å². The molecule has 1 saturated heterocycles. The molecule has 11 heteroatoms. The smallest absolute Gasteiger partial charge is 0.406 e. The van der Waals surface area contributed by atoms with Gasteiger partial charge in [-0.05, 0) is 37.1 Å². The summed E-state index contributed by atoms with van der Waals surface area (Å²) >= 11 is 0. The number of anilines is 2. The molecule has 0 bridgehead atoms. The van der Waals surface area contributed by atoms with Crippen molar-refractivity contribution < 1.29 is 22.7 Å². The van der Waals surface area contributed by atoms with Gasteiger partial charge >= 0.3 is 6.36 Å². The van der Waals surface area contributed by atoms with Crippen molar-refractivity contribution in [2.45, 2.75) is 19.2 Å². The molecule has 1 aromatic carbocycles. The molecule has 0 aliphatic carbocycles. The van der Waals surface area contributed by atoms with Gasteiger partial charge in [0.05, 0.1) is 0 Å². The van der Waals surface area contributed by atoms with Crippen LogP contribution in [0, 0.1) is 5.92 Å². The minimum Gasteiger partial charge on any atom is -0.406 e. The summed E-state index contributed by atoms with van der Waals surface area (Å²) in [4.78, 5) is 27.2. The van der Waals surface area contributed by atoms with Crippen LogP contribution < -0.4 is 15.0 Å². The maximum absolute atomic E-state index is 12.6. The summed E-state index contributed by atoms with van der Waals surface area (Å²) in [5, 5.41) is 2.75. The van der Waals surface area contributed by atoms with Gasteiger partial charge in [-0.3, -0.25) is 9.36 Å². The molecule has 4 rings (SSSR count). The van der Waals surface area contributed by atoms with Gasteiger partial charge in [-0.1, -0.05) is 0 Å². The van der Waals surface area contributed by atoms with Crippen LogP contribution in [0.4, 0.5) is 24.7 Å². The fourth-order valence-corrected chi connectivity index (χ4v) is 3.40. The minimum atomic E-state index is -4.75. The number of carbonyl (C=O) groups excluding carboxylic acids is 1. The molecule has 8 nitrogen and oxygen atoms in total. The van der Waals surface area contributed by atoms with Gasteiger partial charge < -0.3 is 15.0 Å². The van der Waals surface area contributed by atoms with Gasteiger partial charge in [-0.2, -0.15) is 0 Å². The Morgan fingerprint density at radius 2 is 1.81 bits per heavy atom. The Labute approximate surface area is 175 Å². The third-order valence-electron chi connectivity index (χ3n) is 4.95. The van der Waals surface area contributed by atoms with Crippen molar-refractivity contribution in [1.29, 1.82) is 0 Å². The molecule has 1 amide bonds. The van der Waals surface area contributed by atoms with Gasteiger partial charge in [0, 0.05) is 43.2 Å². The van der Waals surface area contributed by atoms with Crippen LogP contribution in [0.25, 0.3) is 5.82 Å². The lowest BCUT2D eigenvalue weighted by Gasteiger charge is -2.32. The number of amides is 1. The fraction of sp³-hybridized carbons (Fsp3) is 0.300. The van der Waals surface area contributed by atoms with Gasteiger partial charge in [-0.25, -0.2) is 15.0 Å². The van der Waals surface area contributed by atoms with Gasteiger partial charge in [-0.15, -0.1) is 13.2 Å². The summed E-state index contributed by atoms with van der Waals surface area (Å²) in [6.07, 6.45) is 3.13. The highest BCUT2D eigenvalue weighted by Gasteiger charge is 2.31. The number of hydrogen-bond donors (Lipinski definition) is 1. The Hall–Kier alpha value is -3.63. The Balaban J connectivity index is 1.32. The van der Waals surface area contributed by atoms with Crippen molar-refractivity contribution in [3.05, 3.63) is 55.4 Å². The van der Waals surface area contributed by atoms with Crippen LogP contribution in [0.1, 0.15) is 12.8 Å². The van der Waals surface area contributed by atoms with E-state index in [9.17, 15) is 18.0 Å². The molecule has 1 aliphatic heterocycles. The van der Waals surface area contributed by atoms with E-state index < -0.39 is 6.36 Å². The molecule has 1 N–H and O–H groups in total. The van der Waals surface area contributed by atoms with E-state index in [0.717, 1.165) is 5.82 Å². The number of piperidine rings is 1. The lowest BCUT2D eigenvalue weighted by molar-refractivity contribution is -0.274. The average Bonchev–Trinajstić information content (AvgIpc) is 3.29. The van der Waals surface area contributed by atoms with Crippen molar-refractivity contribution in [3.63, 3.8) is 0 Å². The third-order valence-corrected chi connectivity index (χ3v) is 4.95. The lowest BCUT2D eigenvalue weighted by Crippen LogP contribution is -2.38. The maximum atomic E-state index is 12.6. The fourth-order valence-electron chi connectivity index (χ4n) is 3.40. The predicted octanol–water partition coefficient (Wildman–Crippen LogP) is 3.42. The lowest BCUT2D eigenvalue weighted by atomic mass is 9.96. The van der Waals surface area contributed by atoms with Gasteiger partial charge in [0.15, 0.2) is 0 Å². The zero-order valence-corrected chi connectivity index (χ0v) is 16.3. The summed E-state index contributed by atoms with van der Waals surface area (Å²) in [5.74, 6) is 0.792. The zero-order chi connectivity index (χ0) is 21.8. The molecule has 0 spiro atoms. The van der Waals surface area contributed by atoms with Gasteiger partial charge in [0.1, 0.15) is 30.0 Å². The van der Waals surface area contributed by atoms with Crippen molar-refractivity contribution in [3.8, 4) is 11.6 Å². The predicted molar refractivity (Wildman–Crippen MR) is 106 cm³/mol. The zero-order valence-electron chi connectivity index (χ0n) is 16.3. The number of halogens is 3. The standard InChI is InChI=1S/C20H19F3N6O2/c21-20(22,23)31-16-3-1-15(2-4-16)27-19(30)14-5-8-28(9-6-14)17-11-18(26-12-25-17)29-10-7-24-13-29/h1-4,7,10-14H,5-6,8-9H2,(H,27,30). The highest BCUT2D eigenvalue weighted by molar-refractivity contribution is 5.92. The van der Waals surface area contributed by atoms with Crippen LogP contribution in [0.5, 0.6) is 5.75 Å². The molecular weight excluding hydrogens is 413 g/mol. The van der Waals surface area contributed by atoms with Crippen molar-refractivity contribution in [2.24, 2.45) is 5.92 Å². The average molecular weight is 432 g/mol. The number of alkyl halides is 3. The first-order valence-corrected chi connectivity index (χ1v) is 9.59. The van der Waals surface area contributed by atoms with Crippen LogP contribution in [-0.2, 0) is 4.79 Å². The Morgan fingerprint density at radius 3 is 2.45 bits per heavy atom. The summed E-state index contributed by atoms with van der Waals surface area (Å²) in [7, 11) is 0. The maximum Gasteiger partial charge on any atom is 0.573 e. The summed E-state index contributed by atoms with van der Waals surface area (Å²) in [5.41, 5.74) is 0.419. The SMILES string of the molecule is O=C(Nc1ccc(OC(F)(F)F)cc1)C1CCN(c2cc(-n3ccnc3)ncn2)CC1. The first-order valence-electron chi connectivity index (χ1n) is 9.59. The highest BCUT2D eigenvalue weighted by Crippen LogP contribution is 2.26. The summed E-state index contributed by atoms with van der Waals surface area (Å²) in [6, 6.07) is 6.96. The number of rotatable bonds is 5. The number of nitrogens with one attached hydrogen (secondary N) is 1. The molecule has 0 saturated carbocycles. The number of imidazole rings is 1. The quantitative estimate of drug-likeness (QED) is 0.665. The molecule has 0 unspecified atom stereocenters. The molecule has 3 heterocycles. The number of nitrogens with zero attached hydrogens (tertiary/aromatic N) is 5. The van der Waals surface area contributed by atoms with Crippen LogP contribution in [0.3, 0.4) is 0 Å². The number of hydrogen-bond acceptors (Lipinski definition) is 6. The largest absolute Gasteiger partial charge is 0.573 e. The number of aromatic nitrogens is 4. The summed E-state index contributed by atoms with van der Waals surface area (Å²) < 4.78 is 42.3. The van der Waals surface area contributed by atoms with Crippen molar-refractivity contribution in [2.75, 3.05) is 23.3 Å². The van der Waals surface area contributed by atoms with Crippen LogP contribution in [0.15, 0.2) is 55.4 Å². The molecule has 1 aliphatic rings. The Kier molecular flexibility index (Phi) is 5.74. The van der Waals surface area contributed by atoms with Crippen LogP contribution >= 0.6 is 0 Å². The molecule has 162 valence electrons. The molecule has 0 radical (unpaired) electrons.